The number of nitrogens with zero attached hydrogens (tertiary/aromatic N) is 3. The van der Waals surface area contributed by atoms with Crippen LogP contribution in [0.4, 0.5) is 4.39 Å². The van der Waals surface area contributed by atoms with Crippen molar-refractivity contribution < 1.29 is 18.8 Å². The molecule has 1 aromatic rings. The van der Waals surface area contributed by atoms with Gasteiger partial charge in [-0.05, 0) is 24.6 Å². The molecule has 0 aliphatic carbocycles. The van der Waals surface area contributed by atoms with Crippen LogP contribution >= 0.6 is 0 Å². The number of hydrogen-bond donors (Lipinski definition) is 0. The van der Waals surface area contributed by atoms with Crippen LogP contribution in [0.15, 0.2) is 29.4 Å². The molecule has 128 valence electrons. The molecule has 0 bridgehead atoms. The zero-order chi connectivity index (χ0) is 17.3. The van der Waals surface area contributed by atoms with Crippen LogP contribution in [0.2, 0.25) is 0 Å². The molecule has 2 aliphatic heterocycles. The van der Waals surface area contributed by atoms with Gasteiger partial charge in [-0.1, -0.05) is 17.3 Å². The van der Waals surface area contributed by atoms with E-state index in [1.165, 1.54) is 19.1 Å². The molecule has 1 fully saturated rings. The summed E-state index contributed by atoms with van der Waals surface area (Å²) in [6.07, 6.45) is 0.338. The maximum atomic E-state index is 13.0. The zero-order valence-corrected chi connectivity index (χ0v) is 13.8. The van der Waals surface area contributed by atoms with Crippen LogP contribution in [0, 0.1) is 5.82 Å². The molecule has 3 rings (SSSR count). The first-order valence-corrected chi connectivity index (χ1v) is 7.95. The Morgan fingerprint density at radius 2 is 1.71 bits per heavy atom. The number of carbonyl (C=O) groups excluding carboxylic acids is 2. The Bertz CT molecular complexity index is 681. The molecule has 2 amide bonds. The summed E-state index contributed by atoms with van der Waals surface area (Å²) >= 11 is 0. The molecular formula is C17H20FN3O3. The minimum Gasteiger partial charge on any atom is -0.379 e. The predicted molar refractivity (Wildman–Crippen MR) is 85.9 cm³/mol. The summed E-state index contributed by atoms with van der Waals surface area (Å²) in [5.41, 5.74) is 0.324. The Morgan fingerprint density at radius 1 is 1.12 bits per heavy atom. The van der Waals surface area contributed by atoms with Gasteiger partial charge in [0.05, 0.1) is 5.71 Å². The Labute approximate surface area is 139 Å². The van der Waals surface area contributed by atoms with E-state index in [9.17, 15) is 14.0 Å². The fourth-order valence-corrected chi connectivity index (χ4v) is 3.01. The molecule has 2 heterocycles. The van der Waals surface area contributed by atoms with E-state index < -0.39 is 5.60 Å². The van der Waals surface area contributed by atoms with E-state index in [2.05, 4.69) is 5.16 Å². The molecule has 1 atom stereocenters. The largest absolute Gasteiger partial charge is 0.379 e. The average Bonchev–Trinajstić information content (AvgIpc) is 2.98. The molecule has 0 N–H and O–H groups in total. The van der Waals surface area contributed by atoms with Gasteiger partial charge in [0.1, 0.15) is 5.82 Å². The van der Waals surface area contributed by atoms with Crippen LogP contribution in [0.5, 0.6) is 0 Å². The number of hydrogen-bond acceptors (Lipinski definition) is 4. The van der Waals surface area contributed by atoms with Crippen LogP contribution in [-0.4, -0.2) is 59.1 Å². The second-order valence-corrected chi connectivity index (χ2v) is 6.34. The third-order valence-corrected chi connectivity index (χ3v) is 4.50. The summed E-state index contributed by atoms with van der Waals surface area (Å²) in [6, 6.07) is 5.96. The van der Waals surface area contributed by atoms with Gasteiger partial charge in [-0.3, -0.25) is 9.59 Å². The summed E-state index contributed by atoms with van der Waals surface area (Å²) in [5, 5.41) is 4.03. The van der Waals surface area contributed by atoms with Gasteiger partial charge >= 0.3 is 0 Å². The molecule has 7 heteroatoms. The van der Waals surface area contributed by atoms with E-state index in [0.29, 0.717) is 38.3 Å². The van der Waals surface area contributed by atoms with Gasteiger partial charge in [-0.25, -0.2) is 4.39 Å². The van der Waals surface area contributed by atoms with Crippen molar-refractivity contribution in [2.45, 2.75) is 25.9 Å². The Balaban J connectivity index is 1.64. The third kappa shape index (κ3) is 3.11. The zero-order valence-electron chi connectivity index (χ0n) is 13.8. The fraction of sp³-hybridized carbons (Fsp3) is 0.471. The molecule has 0 saturated carbocycles. The highest BCUT2D eigenvalue weighted by Crippen LogP contribution is 2.29. The normalized spacial score (nSPS) is 23.7. The molecule has 0 spiro atoms. The highest BCUT2D eigenvalue weighted by Gasteiger charge is 2.45. The Kier molecular flexibility index (Phi) is 4.26. The van der Waals surface area contributed by atoms with Gasteiger partial charge in [0.25, 0.3) is 5.91 Å². The summed E-state index contributed by atoms with van der Waals surface area (Å²) in [5.74, 6) is -0.431. The second kappa shape index (κ2) is 6.22. The molecule has 1 saturated heterocycles. The van der Waals surface area contributed by atoms with Gasteiger partial charge in [0.2, 0.25) is 11.5 Å². The quantitative estimate of drug-likeness (QED) is 0.822. The SMILES string of the molecule is CC(=O)N1CCN(C(=O)[C@]2(C)CC(c3ccc(F)cc3)=NO2)CC1. The Morgan fingerprint density at radius 3 is 2.29 bits per heavy atom. The molecule has 1 aromatic carbocycles. The third-order valence-electron chi connectivity index (χ3n) is 4.50. The fourth-order valence-electron chi connectivity index (χ4n) is 3.01. The second-order valence-electron chi connectivity index (χ2n) is 6.34. The molecule has 0 aromatic heterocycles. The van der Waals surface area contributed by atoms with Gasteiger partial charge in [-0.15, -0.1) is 0 Å². The van der Waals surface area contributed by atoms with Crippen LogP contribution in [0.3, 0.4) is 0 Å². The van der Waals surface area contributed by atoms with Gasteiger partial charge < -0.3 is 14.6 Å². The molecule has 2 aliphatic rings. The van der Waals surface area contributed by atoms with E-state index in [1.54, 1.807) is 28.9 Å². The average molecular weight is 333 g/mol. The number of oxime groups is 1. The van der Waals surface area contributed by atoms with Crippen molar-refractivity contribution in [3.8, 4) is 0 Å². The van der Waals surface area contributed by atoms with E-state index in [0.717, 1.165) is 5.56 Å². The molecule has 24 heavy (non-hydrogen) atoms. The van der Waals surface area contributed by atoms with Crippen LogP contribution in [-0.2, 0) is 14.4 Å². The summed E-state index contributed by atoms with van der Waals surface area (Å²) in [6.45, 7) is 5.28. The van der Waals surface area contributed by atoms with Gasteiger partial charge in [0, 0.05) is 39.5 Å². The van der Waals surface area contributed by atoms with Crippen LogP contribution in [0.25, 0.3) is 0 Å². The van der Waals surface area contributed by atoms with E-state index in [4.69, 9.17) is 4.84 Å². The van der Waals surface area contributed by atoms with Crippen molar-refractivity contribution >= 4 is 17.5 Å². The van der Waals surface area contributed by atoms with Gasteiger partial charge in [-0.2, -0.15) is 0 Å². The summed E-state index contributed by atoms with van der Waals surface area (Å²) in [7, 11) is 0. The first kappa shape index (κ1) is 16.4. The van der Waals surface area contributed by atoms with Crippen molar-refractivity contribution in [2.24, 2.45) is 5.16 Å². The lowest BCUT2D eigenvalue weighted by atomic mass is 9.94. The summed E-state index contributed by atoms with van der Waals surface area (Å²) in [4.78, 5) is 33.0. The van der Waals surface area contributed by atoms with E-state index in [-0.39, 0.29) is 17.6 Å². The first-order chi connectivity index (χ1) is 11.4. The van der Waals surface area contributed by atoms with Crippen molar-refractivity contribution in [3.63, 3.8) is 0 Å². The standard InChI is InChI=1S/C17H20FN3O3/c1-12(22)20-7-9-21(10-8-20)16(23)17(2)11-15(19-24-17)13-3-5-14(18)6-4-13/h3-6H,7-11H2,1-2H3/t17-/m0/s1. The maximum absolute atomic E-state index is 13.0. The topological polar surface area (TPSA) is 62.2 Å². The number of carbonyl (C=O) groups is 2. The predicted octanol–water partition coefficient (Wildman–Crippen LogP) is 1.40. The summed E-state index contributed by atoms with van der Waals surface area (Å²) < 4.78 is 13.0. The smallest absolute Gasteiger partial charge is 0.269 e. The van der Waals surface area contributed by atoms with Gasteiger partial charge in [0.15, 0.2) is 0 Å². The monoisotopic (exact) mass is 333 g/mol. The van der Waals surface area contributed by atoms with Crippen molar-refractivity contribution in [2.75, 3.05) is 26.2 Å². The number of halogens is 1. The molecular weight excluding hydrogens is 313 g/mol. The van der Waals surface area contributed by atoms with Crippen LogP contribution in [0.1, 0.15) is 25.8 Å². The molecule has 6 nitrogen and oxygen atoms in total. The van der Waals surface area contributed by atoms with Crippen molar-refractivity contribution in [3.05, 3.63) is 35.6 Å². The first-order valence-electron chi connectivity index (χ1n) is 7.95. The number of piperazine rings is 1. The van der Waals surface area contributed by atoms with Crippen molar-refractivity contribution in [1.29, 1.82) is 0 Å². The van der Waals surface area contributed by atoms with E-state index >= 15 is 0 Å². The van der Waals surface area contributed by atoms with Crippen LogP contribution < -0.4 is 0 Å². The highest BCUT2D eigenvalue weighted by atomic mass is 19.1. The lowest BCUT2D eigenvalue weighted by Gasteiger charge is -2.37. The molecule has 0 unspecified atom stereocenters. The van der Waals surface area contributed by atoms with Crippen molar-refractivity contribution in [1.82, 2.24) is 9.80 Å². The number of rotatable bonds is 2. The highest BCUT2D eigenvalue weighted by molar-refractivity contribution is 6.05. The Hall–Kier alpha value is -2.44. The molecule has 0 radical (unpaired) electrons. The maximum Gasteiger partial charge on any atom is 0.269 e. The minimum atomic E-state index is -1.05. The van der Waals surface area contributed by atoms with E-state index in [1.807, 2.05) is 0 Å². The number of amides is 2. The minimum absolute atomic E-state index is 0.0207. The number of benzene rings is 1. The lowest BCUT2D eigenvalue weighted by molar-refractivity contribution is -0.156. The lowest BCUT2D eigenvalue weighted by Crippen LogP contribution is -2.55.